The topological polar surface area (TPSA) is 52.0 Å². The number of nitrogens with two attached hydrogens (primary N) is 2. The monoisotopic (exact) mass is 346 g/mol. The Hall–Kier alpha value is -3.52. The molecule has 0 heterocycles. The van der Waals surface area contributed by atoms with Crippen molar-refractivity contribution in [1.29, 1.82) is 0 Å². The summed E-state index contributed by atoms with van der Waals surface area (Å²) < 4.78 is 82.3. The number of para-hydroxylation sites is 1. The van der Waals surface area contributed by atoms with Crippen LogP contribution in [0.4, 0.5) is 11.4 Å². The normalized spacial score (nSPS) is 16.0. The molecule has 4 aromatic carbocycles. The van der Waals surface area contributed by atoms with Gasteiger partial charge in [-0.05, 0) is 33.9 Å². The van der Waals surface area contributed by atoms with E-state index in [1.165, 1.54) is 18.2 Å². The number of benzene rings is 4. The first-order chi connectivity index (χ1) is 16.9. The molecule has 0 bridgehead atoms. The van der Waals surface area contributed by atoms with Crippen LogP contribution in [-0.2, 0) is 0 Å². The van der Waals surface area contributed by atoms with Gasteiger partial charge in [-0.25, -0.2) is 0 Å². The Labute approximate surface area is 167 Å². The van der Waals surface area contributed by atoms with E-state index in [0.717, 1.165) is 0 Å². The van der Waals surface area contributed by atoms with Gasteiger partial charge in [-0.2, -0.15) is 0 Å². The van der Waals surface area contributed by atoms with E-state index in [4.69, 9.17) is 25.2 Å². The van der Waals surface area contributed by atoms with Gasteiger partial charge in [0.15, 0.2) is 0 Å². The highest BCUT2D eigenvalue weighted by atomic mass is 14.7. The van der Waals surface area contributed by atoms with Crippen LogP contribution in [0.15, 0.2) is 96.8 Å². The zero-order valence-corrected chi connectivity index (χ0v) is 13.6. The maximum absolute atomic E-state index is 8.50. The molecule has 0 aliphatic carbocycles. The predicted octanol–water partition coefficient (Wildman–Crippen LogP) is 5.85. The standard InChI is InChI=1S/C24H20N2/c25-22-16-8-15-21(24(22)26)23-19(17-9-3-1-4-10-17)13-7-14-20(23)18-11-5-2-6-12-18/h1-16H,25-26H2/i1D,2D,3D,4D,5D,6D,9D,10D,11D,12D. The van der Waals surface area contributed by atoms with Gasteiger partial charge in [0.05, 0.1) is 25.1 Å². The third-order valence-electron chi connectivity index (χ3n) is 4.01. The molecule has 0 radical (unpaired) electrons. The van der Waals surface area contributed by atoms with E-state index in [1.807, 2.05) is 0 Å². The molecule has 0 saturated carbocycles. The van der Waals surface area contributed by atoms with Crippen LogP contribution in [0.25, 0.3) is 33.4 Å². The molecule has 0 spiro atoms. The second kappa shape index (κ2) is 6.77. The van der Waals surface area contributed by atoms with Crippen molar-refractivity contribution in [1.82, 2.24) is 0 Å². The Morgan fingerprint density at radius 1 is 0.577 bits per heavy atom. The second-order valence-electron chi connectivity index (χ2n) is 5.54. The van der Waals surface area contributed by atoms with Crippen LogP contribution >= 0.6 is 0 Å². The molecule has 2 nitrogen and oxygen atoms in total. The quantitative estimate of drug-likeness (QED) is 0.457. The van der Waals surface area contributed by atoms with Gasteiger partial charge in [0, 0.05) is 5.56 Å². The molecule has 0 unspecified atom stereocenters. The van der Waals surface area contributed by atoms with Gasteiger partial charge in [-0.1, -0.05) is 90.8 Å². The van der Waals surface area contributed by atoms with Crippen molar-refractivity contribution in [2.45, 2.75) is 0 Å². The summed E-state index contributed by atoms with van der Waals surface area (Å²) in [5.74, 6) is 0. The number of hydrogen-bond acceptors (Lipinski definition) is 2. The van der Waals surface area contributed by atoms with Crippen LogP contribution in [0.5, 0.6) is 0 Å². The summed E-state index contributed by atoms with van der Waals surface area (Å²) in [6, 6.07) is 4.30. The van der Waals surface area contributed by atoms with Crippen molar-refractivity contribution in [3.63, 3.8) is 0 Å². The zero-order valence-electron chi connectivity index (χ0n) is 23.6. The summed E-state index contributed by atoms with van der Waals surface area (Å²) in [5.41, 5.74) is 13.4. The molecule has 0 amide bonds. The zero-order chi connectivity index (χ0) is 26.6. The largest absolute Gasteiger partial charge is 0.397 e. The van der Waals surface area contributed by atoms with Gasteiger partial charge in [0.2, 0.25) is 0 Å². The molecule has 0 atom stereocenters. The van der Waals surface area contributed by atoms with Crippen molar-refractivity contribution < 1.29 is 13.7 Å². The number of hydrogen-bond donors (Lipinski definition) is 2. The molecule has 126 valence electrons. The third-order valence-corrected chi connectivity index (χ3v) is 4.01. The summed E-state index contributed by atoms with van der Waals surface area (Å²) >= 11 is 0. The molecule has 26 heavy (non-hydrogen) atoms. The van der Waals surface area contributed by atoms with Gasteiger partial charge >= 0.3 is 0 Å². The van der Waals surface area contributed by atoms with Crippen LogP contribution in [0.2, 0.25) is 0 Å². The Kier molecular flexibility index (Phi) is 2.15. The minimum Gasteiger partial charge on any atom is -0.397 e. The van der Waals surface area contributed by atoms with Crippen molar-refractivity contribution in [2.24, 2.45) is 0 Å². The molecule has 4 N–H and O–H groups in total. The van der Waals surface area contributed by atoms with E-state index in [-0.39, 0.29) is 39.2 Å². The molecule has 2 heteroatoms. The van der Waals surface area contributed by atoms with E-state index in [0.29, 0.717) is 5.56 Å². The average Bonchev–Trinajstić information content (AvgIpc) is 2.86. The van der Waals surface area contributed by atoms with E-state index < -0.39 is 60.4 Å². The van der Waals surface area contributed by atoms with Gasteiger partial charge in [0.1, 0.15) is 0 Å². The summed E-state index contributed by atoms with van der Waals surface area (Å²) in [4.78, 5) is 0. The molecule has 0 fully saturated rings. The molecule has 0 aliphatic rings. The number of rotatable bonds is 3. The highest BCUT2D eigenvalue weighted by molar-refractivity contribution is 5.99. The highest BCUT2D eigenvalue weighted by Crippen LogP contribution is 2.43. The lowest BCUT2D eigenvalue weighted by Gasteiger charge is -2.18. The van der Waals surface area contributed by atoms with E-state index in [9.17, 15) is 0 Å². The molecule has 4 rings (SSSR count). The second-order valence-corrected chi connectivity index (χ2v) is 5.54. The Morgan fingerprint density at radius 2 is 1.04 bits per heavy atom. The predicted molar refractivity (Wildman–Crippen MR) is 112 cm³/mol. The maximum Gasteiger partial charge on any atom is 0.0629 e. The third kappa shape index (κ3) is 2.82. The van der Waals surface area contributed by atoms with Gasteiger partial charge in [-0.15, -0.1) is 0 Å². The first kappa shape index (κ1) is 8.24. The average molecular weight is 346 g/mol. The number of nitrogen functional groups attached to an aromatic ring is 2. The van der Waals surface area contributed by atoms with Gasteiger partial charge < -0.3 is 11.5 Å². The van der Waals surface area contributed by atoms with Crippen molar-refractivity contribution in [2.75, 3.05) is 11.5 Å². The Balaban J connectivity index is 2.26. The van der Waals surface area contributed by atoms with Crippen LogP contribution in [0.1, 0.15) is 13.7 Å². The van der Waals surface area contributed by atoms with Crippen molar-refractivity contribution >= 4 is 11.4 Å². The fraction of sp³-hybridized carbons (Fsp3) is 0. The minimum atomic E-state index is -0.555. The van der Waals surface area contributed by atoms with Crippen LogP contribution in [0.3, 0.4) is 0 Å². The van der Waals surface area contributed by atoms with E-state index in [2.05, 4.69) is 0 Å². The first-order valence-corrected chi connectivity index (χ1v) is 7.82. The molecular weight excluding hydrogens is 316 g/mol. The molecule has 0 saturated heterocycles. The maximum atomic E-state index is 8.50. The van der Waals surface area contributed by atoms with Gasteiger partial charge in [0.25, 0.3) is 0 Å². The van der Waals surface area contributed by atoms with Crippen LogP contribution in [-0.4, -0.2) is 0 Å². The lowest BCUT2D eigenvalue weighted by atomic mass is 9.87. The Bertz CT molecular complexity index is 1420. The lowest BCUT2D eigenvalue weighted by molar-refractivity contribution is 1.55. The van der Waals surface area contributed by atoms with Crippen molar-refractivity contribution in [3.8, 4) is 33.4 Å². The SMILES string of the molecule is [2H]c1c([2H])c([2H])c(-c2cccc(-c3c([2H])c([2H])c([2H])c([2H])c3[2H])c2-c2cccc(N)c2N)c([2H])c1[2H]. The fourth-order valence-corrected chi connectivity index (χ4v) is 2.83. The van der Waals surface area contributed by atoms with Crippen LogP contribution < -0.4 is 11.5 Å². The van der Waals surface area contributed by atoms with Crippen molar-refractivity contribution in [3.05, 3.63) is 96.8 Å². The lowest BCUT2D eigenvalue weighted by Crippen LogP contribution is -1.99. The molecular formula is C24H20N2. The van der Waals surface area contributed by atoms with Gasteiger partial charge in [-0.3, -0.25) is 0 Å². The molecule has 0 aromatic heterocycles. The highest BCUT2D eigenvalue weighted by Gasteiger charge is 2.16. The van der Waals surface area contributed by atoms with E-state index in [1.54, 1.807) is 18.2 Å². The Morgan fingerprint density at radius 3 is 1.58 bits per heavy atom. The summed E-state index contributed by atoms with van der Waals surface area (Å²) in [6.45, 7) is 0. The summed E-state index contributed by atoms with van der Waals surface area (Å²) in [6.07, 6.45) is 0. The van der Waals surface area contributed by atoms with Crippen LogP contribution in [0, 0.1) is 0 Å². The smallest absolute Gasteiger partial charge is 0.0629 e. The minimum absolute atomic E-state index is 0.118. The first-order valence-electron chi connectivity index (χ1n) is 12.8. The summed E-state index contributed by atoms with van der Waals surface area (Å²) in [5, 5.41) is 0. The summed E-state index contributed by atoms with van der Waals surface area (Å²) in [7, 11) is 0. The fourth-order valence-electron chi connectivity index (χ4n) is 2.83. The molecule has 0 aliphatic heterocycles. The van der Waals surface area contributed by atoms with E-state index >= 15 is 0 Å². The molecule has 4 aromatic rings. The number of anilines is 2.